The number of likely N-dealkylation sites (tertiary alicyclic amines) is 1. The third-order valence-electron chi connectivity index (χ3n) is 7.66. The molecule has 1 fully saturated rings. The van der Waals surface area contributed by atoms with E-state index >= 15 is 4.39 Å². The monoisotopic (exact) mass is 520 g/mol. The van der Waals surface area contributed by atoms with Gasteiger partial charge in [0.2, 0.25) is 5.88 Å². The second-order valence-corrected chi connectivity index (χ2v) is 10.2. The van der Waals surface area contributed by atoms with Gasteiger partial charge in [0.05, 0.1) is 19.1 Å². The number of ether oxygens (including phenoxy) is 2. The van der Waals surface area contributed by atoms with Crippen LogP contribution in [-0.2, 0) is 17.8 Å². The molecule has 8 heteroatoms. The molecular formula is C30H33FN2O5. The van der Waals surface area contributed by atoms with Crippen molar-refractivity contribution in [1.29, 1.82) is 0 Å². The molecule has 0 saturated carbocycles. The third-order valence-corrected chi connectivity index (χ3v) is 7.66. The molecule has 0 bridgehead atoms. The number of aliphatic carboxylic acids is 1. The molecule has 0 amide bonds. The number of hydrogen-bond donors (Lipinski definition) is 2. The summed E-state index contributed by atoms with van der Waals surface area (Å²) >= 11 is 0. The zero-order valence-electron chi connectivity index (χ0n) is 21.7. The summed E-state index contributed by atoms with van der Waals surface area (Å²) in [6, 6.07) is 12.5. The highest BCUT2D eigenvalue weighted by molar-refractivity contribution is 5.71. The summed E-state index contributed by atoms with van der Waals surface area (Å²) in [7, 11) is 1.56. The Balaban J connectivity index is 1.48. The van der Waals surface area contributed by atoms with Gasteiger partial charge in [-0.1, -0.05) is 12.1 Å². The van der Waals surface area contributed by atoms with Gasteiger partial charge in [-0.05, 0) is 97.8 Å². The lowest BCUT2D eigenvalue weighted by Gasteiger charge is -2.29. The molecule has 0 spiro atoms. The fourth-order valence-corrected chi connectivity index (χ4v) is 5.37. The summed E-state index contributed by atoms with van der Waals surface area (Å²) in [5, 5.41) is 19.8. The molecule has 200 valence electrons. The number of halogens is 1. The van der Waals surface area contributed by atoms with Gasteiger partial charge >= 0.3 is 5.97 Å². The fourth-order valence-electron chi connectivity index (χ4n) is 5.37. The van der Waals surface area contributed by atoms with Crippen LogP contribution in [0, 0.1) is 11.7 Å². The number of fused-ring (bicyclic) bond motifs is 1. The van der Waals surface area contributed by atoms with Gasteiger partial charge in [0.25, 0.3) is 0 Å². The molecule has 2 aliphatic rings. The van der Waals surface area contributed by atoms with Gasteiger partial charge in [0.15, 0.2) is 0 Å². The van der Waals surface area contributed by atoms with E-state index in [9.17, 15) is 15.0 Å². The first-order chi connectivity index (χ1) is 18.3. The lowest BCUT2D eigenvalue weighted by atomic mass is 9.90. The van der Waals surface area contributed by atoms with Crippen LogP contribution < -0.4 is 9.47 Å². The van der Waals surface area contributed by atoms with E-state index in [1.54, 1.807) is 31.5 Å². The van der Waals surface area contributed by atoms with Gasteiger partial charge in [-0.3, -0.25) is 9.69 Å². The molecule has 3 atom stereocenters. The minimum Gasteiger partial charge on any atom is -0.485 e. The smallest absolute Gasteiger partial charge is 0.309 e. The van der Waals surface area contributed by atoms with Crippen molar-refractivity contribution in [2.45, 2.75) is 51.4 Å². The molecule has 1 aromatic heterocycles. The van der Waals surface area contributed by atoms with Crippen LogP contribution in [0.15, 0.2) is 48.7 Å². The number of aromatic nitrogens is 1. The lowest BCUT2D eigenvalue weighted by molar-refractivity contribution is -0.145. The maximum absolute atomic E-state index is 15.7. The molecule has 1 unspecified atom stereocenters. The van der Waals surface area contributed by atoms with Gasteiger partial charge in [0.1, 0.15) is 17.7 Å². The van der Waals surface area contributed by atoms with Crippen LogP contribution in [0.25, 0.3) is 11.1 Å². The van der Waals surface area contributed by atoms with Crippen molar-refractivity contribution in [3.05, 3.63) is 76.7 Å². The average Bonchev–Trinajstić information content (AvgIpc) is 3.45. The molecule has 0 radical (unpaired) electrons. The molecule has 3 heterocycles. The molecule has 7 nitrogen and oxygen atoms in total. The topological polar surface area (TPSA) is 92.1 Å². The molecule has 5 rings (SSSR count). The second kappa shape index (κ2) is 11.1. The Labute approximate surface area is 221 Å². The number of benzene rings is 2. The first kappa shape index (κ1) is 26.1. The van der Waals surface area contributed by atoms with Crippen LogP contribution >= 0.6 is 0 Å². The molecular weight excluding hydrogens is 487 g/mol. The second-order valence-electron chi connectivity index (χ2n) is 10.2. The number of pyridine rings is 1. The normalized spacial score (nSPS) is 18.9. The number of aliphatic hydroxyl groups excluding tert-OH is 1. The Kier molecular flexibility index (Phi) is 7.63. The van der Waals surface area contributed by atoms with E-state index in [-0.39, 0.29) is 5.82 Å². The van der Waals surface area contributed by atoms with E-state index in [2.05, 4.69) is 9.88 Å². The van der Waals surface area contributed by atoms with Gasteiger partial charge in [0, 0.05) is 24.4 Å². The summed E-state index contributed by atoms with van der Waals surface area (Å²) in [5.74, 6) is -1.35. The van der Waals surface area contributed by atoms with E-state index < -0.39 is 24.1 Å². The van der Waals surface area contributed by atoms with Gasteiger partial charge in [-0.2, -0.15) is 0 Å². The number of carbonyl (C=O) groups is 1. The van der Waals surface area contributed by atoms with Crippen LogP contribution in [0.5, 0.6) is 11.6 Å². The Bertz CT molecular complexity index is 1320. The Morgan fingerprint density at radius 2 is 2.00 bits per heavy atom. The third kappa shape index (κ3) is 5.37. The maximum atomic E-state index is 15.7. The van der Waals surface area contributed by atoms with Crippen molar-refractivity contribution in [3.63, 3.8) is 0 Å². The number of aryl methyl sites for hydroxylation is 1. The Hall–Kier alpha value is -3.49. The summed E-state index contributed by atoms with van der Waals surface area (Å²) in [6.07, 6.45) is 3.62. The zero-order valence-corrected chi connectivity index (χ0v) is 21.7. The molecule has 2 N–H and O–H groups in total. The standard InChI is InChI=1S/C30H33FN2O5/c1-18(30(35)36)29(34)21-6-5-19-7-8-26(38-27(19)14-21)24-13-22(17-33-11-3-4-12-33)23(16-25(24)31)20-9-10-32-28(15-20)37-2/h5-6,9-10,13-16,18,26,29,34H,3-4,7-8,11-12,17H2,1-2H3,(H,35,36)/t18-,26?,29+/m0/s1. The van der Waals surface area contributed by atoms with Crippen molar-refractivity contribution in [2.75, 3.05) is 20.2 Å². The predicted octanol–water partition coefficient (Wildman–Crippen LogP) is 5.31. The molecule has 2 aliphatic heterocycles. The quantitative estimate of drug-likeness (QED) is 0.416. The van der Waals surface area contributed by atoms with Crippen molar-refractivity contribution >= 4 is 5.97 Å². The molecule has 3 aromatic rings. The van der Waals surface area contributed by atoms with E-state index in [0.717, 1.165) is 48.2 Å². The van der Waals surface area contributed by atoms with Gasteiger partial charge in [-0.15, -0.1) is 0 Å². The number of carboxylic acids is 1. The van der Waals surface area contributed by atoms with Gasteiger partial charge < -0.3 is 19.7 Å². The number of carboxylic acid groups (broad SMARTS) is 1. The summed E-state index contributed by atoms with van der Waals surface area (Å²) in [5.41, 5.74) is 4.60. The zero-order chi connectivity index (χ0) is 26.8. The van der Waals surface area contributed by atoms with Crippen LogP contribution in [0.2, 0.25) is 0 Å². The maximum Gasteiger partial charge on any atom is 0.309 e. The van der Waals surface area contributed by atoms with Crippen LogP contribution in [-0.4, -0.2) is 46.3 Å². The summed E-state index contributed by atoms with van der Waals surface area (Å²) in [6.45, 7) is 4.20. The number of hydrogen-bond acceptors (Lipinski definition) is 6. The lowest BCUT2D eigenvalue weighted by Crippen LogP contribution is -2.21. The summed E-state index contributed by atoms with van der Waals surface area (Å²) in [4.78, 5) is 17.9. The van der Waals surface area contributed by atoms with E-state index in [1.165, 1.54) is 6.92 Å². The highest BCUT2D eigenvalue weighted by Gasteiger charge is 2.29. The number of nitrogens with zero attached hydrogens (tertiary/aromatic N) is 2. The molecule has 2 aromatic carbocycles. The Morgan fingerprint density at radius 1 is 1.21 bits per heavy atom. The minimum absolute atomic E-state index is 0.343. The number of methoxy groups -OCH3 is 1. The highest BCUT2D eigenvalue weighted by Crippen LogP contribution is 2.40. The van der Waals surface area contributed by atoms with Gasteiger partial charge in [-0.25, -0.2) is 9.37 Å². The van der Waals surface area contributed by atoms with E-state index in [0.29, 0.717) is 42.1 Å². The van der Waals surface area contributed by atoms with E-state index in [4.69, 9.17) is 9.47 Å². The Morgan fingerprint density at radius 3 is 2.74 bits per heavy atom. The van der Waals surface area contributed by atoms with Crippen LogP contribution in [0.3, 0.4) is 0 Å². The minimum atomic E-state index is -1.16. The SMILES string of the molecule is COc1cc(-c2cc(F)c(C3CCc4ccc([C@H](O)[C@H](C)C(=O)O)cc4O3)cc2CN2CCCC2)ccn1. The fraction of sp³-hybridized carbons (Fsp3) is 0.400. The average molecular weight is 521 g/mol. The van der Waals surface area contributed by atoms with Crippen LogP contribution in [0.1, 0.15) is 60.6 Å². The van der Waals surface area contributed by atoms with Crippen molar-refractivity contribution < 1.29 is 28.9 Å². The van der Waals surface area contributed by atoms with Crippen molar-refractivity contribution in [2.24, 2.45) is 5.92 Å². The van der Waals surface area contributed by atoms with Crippen molar-refractivity contribution in [1.82, 2.24) is 9.88 Å². The first-order valence-electron chi connectivity index (χ1n) is 13.1. The molecule has 1 saturated heterocycles. The molecule has 38 heavy (non-hydrogen) atoms. The summed E-state index contributed by atoms with van der Waals surface area (Å²) < 4.78 is 27.3. The molecule has 0 aliphatic carbocycles. The van der Waals surface area contributed by atoms with Crippen molar-refractivity contribution in [3.8, 4) is 22.8 Å². The highest BCUT2D eigenvalue weighted by atomic mass is 19.1. The first-order valence-corrected chi connectivity index (χ1v) is 13.1. The predicted molar refractivity (Wildman–Crippen MR) is 141 cm³/mol. The number of rotatable bonds is 8. The number of aliphatic hydroxyl groups is 1. The van der Waals surface area contributed by atoms with E-state index in [1.807, 2.05) is 24.3 Å². The van der Waals surface area contributed by atoms with Crippen LogP contribution in [0.4, 0.5) is 4.39 Å². The largest absolute Gasteiger partial charge is 0.485 e.